The van der Waals surface area contributed by atoms with Crippen LogP contribution in [0, 0.1) is 11.7 Å². The minimum atomic E-state index is -3.70. The van der Waals surface area contributed by atoms with E-state index in [4.69, 9.17) is 0 Å². The summed E-state index contributed by atoms with van der Waals surface area (Å²) in [4.78, 5) is 3.39. The van der Waals surface area contributed by atoms with Crippen molar-refractivity contribution < 1.29 is 12.8 Å². The van der Waals surface area contributed by atoms with E-state index >= 15 is 0 Å². The van der Waals surface area contributed by atoms with Crippen LogP contribution >= 0.6 is 22.6 Å². The molecule has 0 aliphatic heterocycles. The van der Waals surface area contributed by atoms with E-state index in [9.17, 15) is 12.8 Å². The first-order chi connectivity index (χ1) is 7.86. The van der Waals surface area contributed by atoms with E-state index in [1.54, 1.807) is 0 Å². The third kappa shape index (κ3) is 4.14. The van der Waals surface area contributed by atoms with Crippen molar-refractivity contribution in [2.45, 2.75) is 24.8 Å². The predicted molar refractivity (Wildman–Crippen MR) is 72.0 cm³/mol. The van der Waals surface area contributed by atoms with E-state index in [1.807, 2.05) is 13.8 Å². The summed E-state index contributed by atoms with van der Waals surface area (Å²) >= 11 is 2.11. The largest absolute Gasteiger partial charge is 0.260 e. The number of hydrogen-bond acceptors (Lipinski definition) is 3. The zero-order chi connectivity index (χ0) is 13.1. The Morgan fingerprint density at radius 3 is 2.59 bits per heavy atom. The van der Waals surface area contributed by atoms with E-state index < -0.39 is 15.8 Å². The molecule has 1 aromatic rings. The Hall–Kier alpha value is -0.280. The van der Waals surface area contributed by atoms with Crippen molar-refractivity contribution in [3.63, 3.8) is 0 Å². The molecule has 1 aromatic heterocycles. The number of rotatable bonds is 5. The fraction of sp³-hybridized carbons (Fsp3) is 0.500. The molecular weight excluding hydrogens is 358 g/mol. The van der Waals surface area contributed by atoms with Crippen LogP contribution < -0.4 is 4.72 Å². The number of nitrogens with one attached hydrogen (secondary N) is 1. The topological polar surface area (TPSA) is 59.1 Å². The SMILES string of the molecule is CC(C)C(CI)NS(=O)(=O)c1cncc(F)c1. The maximum Gasteiger partial charge on any atom is 0.242 e. The number of halogens is 2. The minimum Gasteiger partial charge on any atom is -0.260 e. The van der Waals surface area contributed by atoms with Gasteiger partial charge in [0.15, 0.2) is 0 Å². The number of sulfonamides is 1. The second-order valence-corrected chi connectivity index (χ2v) is 6.56. The Morgan fingerprint density at radius 2 is 2.12 bits per heavy atom. The Bertz CT molecular complexity index is 479. The van der Waals surface area contributed by atoms with Crippen LogP contribution in [0.25, 0.3) is 0 Å². The summed E-state index contributed by atoms with van der Waals surface area (Å²) in [6.45, 7) is 3.85. The van der Waals surface area contributed by atoms with E-state index in [-0.39, 0.29) is 16.9 Å². The van der Waals surface area contributed by atoms with Crippen LogP contribution in [0.4, 0.5) is 4.39 Å². The number of pyridine rings is 1. The highest BCUT2D eigenvalue weighted by Crippen LogP contribution is 2.13. The first-order valence-corrected chi connectivity index (χ1v) is 8.06. The normalized spacial score (nSPS) is 13.9. The molecule has 0 aromatic carbocycles. The van der Waals surface area contributed by atoms with Crippen molar-refractivity contribution in [2.24, 2.45) is 5.92 Å². The van der Waals surface area contributed by atoms with Gasteiger partial charge in [0.25, 0.3) is 0 Å². The van der Waals surface area contributed by atoms with Gasteiger partial charge in [-0.25, -0.2) is 17.5 Å². The molecule has 1 unspecified atom stereocenters. The highest BCUT2D eigenvalue weighted by molar-refractivity contribution is 14.1. The minimum absolute atomic E-state index is 0.145. The van der Waals surface area contributed by atoms with Gasteiger partial charge in [0, 0.05) is 16.7 Å². The van der Waals surface area contributed by atoms with Crippen LogP contribution in [0.2, 0.25) is 0 Å². The van der Waals surface area contributed by atoms with Crippen molar-refractivity contribution in [3.05, 3.63) is 24.3 Å². The average Bonchev–Trinajstić information content (AvgIpc) is 2.25. The van der Waals surface area contributed by atoms with Gasteiger partial charge < -0.3 is 0 Å². The second-order valence-electron chi connectivity index (χ2n) is 3.96. The molecule has 0 saturated heterocycles. The fourth-order valence-electron chi connectivity index (χ4n) is 1.15. The Kier molecular flexibility index (Phi) is 5.26. The van der Waals surface area contributed by atoms with Crippen molar-refractivity contribution in [2.75, 3.05) is 4.43 Å². The van der Waals surface area contributed by atoms with Crippen LogP contribution in [0.15, 0.2) is 23.4 Å². The molecule has 0 radical (unpaired) electrons. The van der Waals surface area contributed by atoms with E-state index in [0.29, 0.717) is 4.43 Å². The maximum atomic E-state index is 12.9. The molecule has 7 heteroatoms. The molecule has 0 aliphatic rings. The Labute approximate surface area is 114 Å². The van der Waals surface area contributed by atoms with Crippen LogP contribution in [0.3, 0.4) is 0 Å². The van der Waals surface area contributed by atoms with Gasteiger partial charge in [-0.05, 0) is 12.0 Å². The summed E-state index contributed by atoms with van der Waals surface area (Å²) in [6.07, 6.45) is 2.10. The molecule has 0 fully saturated rings. The molecule has 1 rings (SSSR count). The molecule has 0 amide bonds. The van der Waals surface area contributed by atoms with Gasteiger partial charge >= 0.3 is 0 Å². The van der Waals surface area contributed by atoms with Crippen LogP contribution in [-0.2, 0) is 10.0 Å². The number of aromatic nitrogens is 1. The van der Waals surface area contributed by atoms with E-state index in [1.165, 1.54) is 0 Å². The van der Waals surface area contributed by atoms with E-state index in [0.717, 1.165) is 18.5 Å². The number of alkyl halides is 1. The highest BCUT2D eigenvalue weighted by atomic mass is 127. The molecule has 4 nitrogen and oxygen atoms in total. The lowest BCUT2D eigenvalue weighted by Crippen LogP contribution is -2.39. The lowest BCUT2D eigenvalue weighted by atomic mass is 10.1. The predicted octanol–water partition coefficient (Wildman–Crippen LogP) is 1.96. The third-order valence-electron chi connectivity index (χ3n) is 2.27. The Balaban J connectivity index is 2.96. The molecule has 1 N–H and O–H groups in total. The molecule has 1 atom stereocenters. The van der Waals surface area contributed by atoms with Crippen molar-refractivity contribution in [1.82, 2.24) is 9.71 Å². The van der Waals surface area contributed by atoms with Gasteiger partial charge in [0.1, 0.15) is 10.7 Å². The summed E-state index contributed by atoms with van der Waals surface area (Å²) in [5, 5.41) is 0. The maximum absolute atomic E-state index is 12.9. The van der Waals surface area contributed by atoms with Gasteiger partial charge in [-0.3, -0.25) is 4.98 Å². The van der Waals surface area contributed by atoms with E-state index in [2.05, 4.69) is 32.3 Å². The zero-order valence-electron chi connectivity index (χ0n) is 9.52. The number of hydrogen-bond donors (Lipinski definition) is 1. The Morgan fingerprint density at radius 1 is 1.47 bits per heavy atom. The zero-order valence-corrected chi connectivity index (χ0v) is 12.5. The summed E-state index contributed by atoms with van der Waals surface area (Å²) < 4.78 is 40.0. The lowest BCUT2D eigenvalue weighted by Gasteiger charge is -2.19. The number of nitrogens with zero attached hydrogens (tertiary/aromatic N) is 1. The van der Waals surface area contributed by atoms with Gasteiger partial charge in [-0.1, -0.05) is 36.4 Å². The molecule has 0 saturated carbocycles. The van der Waals surface area contributed by atoms with Gasteiger partial charge in [-0.15, -0.1) is 0 Å². The highest BCUT2D eigenvalue weighted by Gasteiger charge is 2.22. The molecule has 0 spiro atoms. The molecule has 96 valence electrons. The molecule has 1 heterocycles. The van der Waals surface area contributed by atoms with Crippen molar-refractivity contribution >= 4 is 32.6 Å². The fourth-order valence-corrected chi connectivity index (χ4v) is 4.05. The monoisotopic (exact) mass is 372 g/mol. The first kappa shape index (κ1) is 14.8. The second kappa shape index (κ2) is 6.05. The van der Waals surface area contributed by atoms with Crippen LogP contribution in [-0.4, -0.2) is 23.9 Å². The first-order valence-electron chi connectivity index (χ1n) is 5.05. The quantitative estimate of drug-likeness (QED) is 0.635. The van der Waals surface area contributed by atoms with Gasteiger partial charge in [0.2, 0.25) is 10.0 Å². The summed E-state index contributed by atoms with van der Waals surface area (Å²) in [5.74, 6) is -0.494. The average molecular weight is 372 g/mol. The van der Waals surface area contributed by atoms with Crippen molar-refractivity contribution in [1.29, 1.82) is 0 Å². The molecule has 0 aliphatic carbocycles. The summed E-state index contributed by atoms with van der Waals surface area (Å²) in [7, 11) is -3.70. The summed E-state index contributed by atoms with van der Waals surface area (Å²) in [5.41, 5.74) is 0. The lowest BCUT2D eigenvalue weighted by molar-refractivity contribution is 0.485. The molecule has 17 heavy (non-hydrogen) atoms. The third-order valence-corrected chi connectivity index (χ3v) is 4.67. The standard InChI is InChI=1S/C10H14FIN2O2S/c1-7(2)10(4-12)14-17(15,16)9-3-8(11)5-13-6-9/h3,5-7,10,14H,4H2,1-2H3. The smallest absolute Gasteiger partial charge is 0.242 e. The summed E-state index contributed by atoms with van der Waals surface area (Å²) in [6, 6.07) is 0.781. The van der Waals surface area contributed by atoms with Gasteiger partial charge in [-0.2, -0.15) is 0 Å². The van der Waals surface area contributed by atoms with Gasteiger partial charge in [0.05, 0.1) is 6.20 Å². The van der Waals surface area contributed by atoms with Crippen LogP contribution in [0.1, 0.15) is 13.8 Å². The van der Waals surface area contributed by atoms with Crippen molar-refractivity contribution in [3.8, 4) is 0 Å². The molecular formula is C10H14FIN2O2S. The van der Waals surface area contributed by atoms with Crippen LogP contribution in [0.5, 0.6) is 0 Å². The molecule has 0 bridgehead atoms.